The first kappa shape index (κ1) is 16.5. The summed E-state index contributed by atoms with van der Waals surface area (Å²) in [6.07, 6.45) is 0. The Balaban J connectivity index is 2.50. The topological polar surface area (TPSA) is 54.5 Å². The fraction of sp³-hybridized carbons (Fsp3) is 0.133. The number of hydrogen-bond donors (Lipinski definition) is 0. The number of benzene rings is 2. The van der Waals surface area contributed by atoms with E-state index < -0.39 is 27.6 Å². The van der Waals surface area contributed by atoms with Crippen LogP contribution in [0, 0.1) is 12.7 Å². The van der Waals surface area contributed by atoms with Gasteiger partial charge in [-0.05, 0) is 54.9 Å². The third-order valence-corrected chi connectivity index (χ3v) is 4.90. The van der Waals surface area contributed by atoms with Gasteiger partial charge in [0.25, 0.3) is 10.0 Å². The van der Waals surface area contributed by atoms with Gasteiger partial charge in [0.05, 0.1) is 10.6 Å². The lowest BCUT2D eigenvalue weighted by Crippen LogP contribution is -2.34. The Kier molecular flexibility index (Phi) is 4.83. The summed E-state index contributed by atoms with van der Waals surface area (Å²) in [6.45, 7) is 1.35. The van der Waals surface area contributed by atoms with Gasteiger partial charge in [-0.25, -0.2) is 12.8 Å². The van der Waals surface area contributed by atoms with E-state index in [4.69, 9.17) is 11.6 Å². The quantitative estimate of drug-likeness (QED) is 0.785. The molecule has 2 aromatic rings. The number of aryl methyl sites for hydroxylation is 1. The van der Waals surface area contributed by atoms with E-state index in [9.17, 15) is 17.6 Å². The van der Waals surface area contributed by atoms with Crippen LogP contribution in [0.5, 0.6) is 0 Å². The molecule has 0 spiro atoms. The molecular weight excluding hydrogens is 329 g/mol. The van der Waals surface area contributed by atoms with E-state index in [1.165, 1.54) is 0 Å². The molecule has 7 heteroatoms. The lowest BCUT2D eigenvalue weighted by molar-refractivity contribution is -0.110. The number of anilines is 1. The molecule has 0 aliphatic carbocycles. The summed E-state index contributed by atoms with van der Waals surface area (Å²) in [4.78, 5) is 11.1. The highest BCUT2D eigenvalue weighted by molar-refractivity contribution is 7.92. The summed E-state index contributed by atoms with van der Waals surface area (Å²) < 4.78 is 39.2. The molecule has 0 bridgehead atoms. The van der Waals surface area contributed by atoms with Crippen LogP contribution < -0.4 is 4.31 Å². The van der Waals surface area contributed by atoms with Gasteiger partial charge in [-0.15, -0.1) is 0 Å². The molecule has 4 nitrogen and oxygen atoms in total. The molecule has 0 atom stereocenters. The largest absolute Gasteiger partial charge is 0.279 e. The van der Waals surface area contributed by atoms with Crippen LogP contribution in [0.3, 0.4) is 0 Å². The van der Waals surface area contributed by atoms with Crippen LogP contribution in [0.25, 0.3) is 0 Å². The SMILES string of the molecule is Cc1ccc(N(CC(=O)Cl)S(=O)(=O)c2ccc(F)cc2)cc1. The predicted molar refractivity (Wildman–Crippen MR) is 83.0 cm³/mol. The molecule has 0 aliphatic heterocycles. The van der Waals surface area contributed by atoms with Crippen molar-refractivity contribution in [1.82, 2.24) is 0 Å². The summed E-state index contributed by atoms with van der Waals surface area (Å²) in [5.74, 6) is -0.547. The Bertz CT molecular complexity index is 773. The maximum atomic E-state index is 13.0. The van der Waals surface area contributed by atoms with Crippen molar-refractivity contribution in [2.45, 2.75) is 11.8 Å². The maximum absolute atomic E-state index is 13.0. The molecule has 0 heterocycles. The van der Waals surface area contributed by atoms with E-state index in [-0.39, 0.29) is 4.90 Å². The molecule has 0 fully saturated rings. The molecule has 0 N–H and O–H groups in total. The van der Waals surface area contributed by atoms with E-state index in [1.54, 1.807) is 24.3 Å². The van der Waals surface area contributed by atoms with E-state index in [0.717, 1.165) is 34.1 Å². The van der Waals surface area contributed by atoms with Crippen LogP contribution in [0.15, 0.2) is 53.4 Å². The molecule has 0 unspecified atom stereocenters. The number of carbonyl (C=O) groups is 1. The van der Waals surface area contributed by atoms with Gasteiger partial charge >= 0.3 is 0 Å². The second-order valence-electron chi connectivity index (χ2n) is 4.66. The molecule has 0 aromatic heterocycles. The summed E-state index contributed by atoms with van der Waals surface area (Å²) in [5.41, 5.74) is 1.25. The van der Waals surface area contributed by atoms with E-state index in [1.807, 2.05) is 6.92 Å². The average Bonchev–Trinajstić information content (AvgIpc) is 2.46. The molecular formula is C15H13ClFNO3S. The normalized spacial score (nSPS) is 11.2. The van der Waals surface area contributed by atoms with Crippen LogP contribution in [0.2, 0.25) is 0 Å². The first-order valence-corrected chi connectivity index (χ1v) is 8.16. The van der Waals surface area contributed by atoms with Crippen molar-refractivity contribution >= 4 is 32.6 Å². The molecule has 0 saturated heterocycles. The number of rotatable bonds is 5. The molecule has 0 amide bonds. The Morgan fingerprint density at radius 2 is 1.64 bits per heavy atom. The number of sulfonamides is 1. The zero-order valence-electron chi connectivity index (χ0n) is 11.7. The minimum atomic E-state index is -4.02. The lowest BCUT2D eigenvalue weighted by Gasteiger charge is -2.23. The molecule has 22 heavy (non-hydrogen) atoms. The summed E-state index contributed by atoms with van der Waals surface area (Å²) in [6, 6.07) is 11.0. The standard InChI is InChI=1S/C15H13ClFNO3S/c1-11-2-6-13(7-3-11)18(10-15(16)19)22(20,21)14-8-4-12(17)5-9-14/h2-9H,10H2,1H3. The van der Waals surface area contributed by atoms with Crippen molar-refractivity contribution in [3.8, 4) is 0 Å². The highest BCUT2D eigenvalue weighted by Gasteiger charge is 2.26. The number of hydrogen-bond acceptors (Lipinski definition) is 3. The minimum Gasteiger partial charge on any atom is -0.279 e. The van der Waals surface area contributed by atoms with E-state index in [0.29, 0.717) is 5.69 Å². The monoisotopic (exact) mass is 341 g/mol. The van der Waals surface area contributed by atoms with E-state index in [2.05, 4.69) is 0 Å². The highest BCUT2D eigenvalue weighted by Crippen LogP contribution is 2.24. The summed E-state index contributed by atoms with van der Waals surface area (Å²) >= 11 is 5.37. The van der Waals surface area contributed by atoms with Crippen LogP contribution >= 0.6 is 11.6 Å². The van der Waals surface area contributed by atoms with Gasteiger partial charge in [0.15, 0.2) is 0 Å². The molecule has 2 aromatic carbocycles. The van der Waals surface area contributed by atoms with Gasteiger partial charge < -0.3 is 0 Å². The Morgan fingerprint density at radius 1 is 1.09 bits per heavy atom. The molecule has 0 aliphatic rings. The maximum Gasteiger partial charge on any atom is 0.264 e. The zero-order chi connectivity index (χ0) is 16.3. The highest BCUT2D eigenvalue weighted by atomic mass is 35.5. The second kappa shape index (κ2) is 6.46. The van der Waals surface area contributed by atoms with Crippen LogP contribution in [-0.2, 0) is 14.8 Å². The van der Waals surface area contributed by atoms with Gasteiger partial charge in [-0.3, -0.25) is 9.10 Å². The number of carbonyl (C=O) groups excluding carboxylic acids is 1. The molecule has 0 saturated carbocycles. The van der Waals surface area contributed by atoms with Crippen LogP contribution in [0.1, 0.15) is 5.56 Å². The van der Waals surface area contributed by atoms with Crippen molar-refractivity contribution in [3.05, 3.63) is 59.9 Å². The minimum absolute atomic E-state index is 0.118. The van der Waals surface area contributed by atoms with Crippen molar-refractivity contribution in [3.63, 3.8) is 0 Å². The zero-order valence-corrected chi connectivity index (χ0v) is 13.2. The summed E-state index contributed by atoms with van der Waals surface area (Å²) in [5, 5.41) is -0.814. The van der Waals surface area contributed by atoms with Gasteiger partial charge in [-0.1, -0.05) is 17.7 Å². The van der Waals surface area contributed by atoms with Crippen molar-refractivity contribution in [2.75, 3.05) is 10.8 Å². The molecule has 2 rings (SSSR count). The van der Waals surface area contributed by atoms with Crippen LogP contribution in [-0.4, -0.2) is 20.2 Å². The van der Waals surface area contributed by atoms with Crippen molar-refractivity contribution < 1.29 is 17.6 Å². The van der Waals surface area contributed by atoms with E-state index >= 15 is 0 Å². The third kappa shape index (κ3) is 3.64. The summed E-state index contributed by atoms with van der Waals surface area (Å²) in [7, 11) is -4.02. The molecule has 0 radical (unpaired) electrons. The smallest absolute Gasteiger partial charge is 0.264 e. The first-order chi connectivity index (χ1) is 10.3. The second-order valence-corrected chi connectivity index (χ2v) is 6.94. The fourth-order valence-electron chi connectivity index (χ4n) is 1.87. The van der Waals surface area contributed by atoms with Crippen molar-refractivity contribution in [2.24, 2.45) is 0 Å². The number of halogens is 2. The van der Waals surface area contributed by atoms with Gasteiger partial charge in [0, 0.05) is 0 Å². The first-order valence-electron chi connectivity index (χ1n) is 6.34. The van der Waals surface area contributed by atoms with Crippen molar-refractivity contribution in [1.29, 1.82) is 0 Å². The Hall–Kier alpha value is -1.92. The fourth-order valence-corrected chi connectivity index (χ4v) is 3.48. The molecule has 116 valence electrons. The lowest BCUT2D eigenvalue weighted by atomic mass is 10.2. The Morgan fingerprint density at radius 3 is 2.14 bits per heavy atom. The Labute approximate surface area is 133 Å². The third-order valence-electron chi connectivity index (χ3n) is 2.99. The van der Waals surface area contributed by atoms with Crippen LogP contribution in [0.4, 0.5) is 10.1 Å². The average molecular weight is 342 g/mol. The van der Waals surface area contributed by atoms with Gasteiger partial charge in [0.1, 0.15) is 12.4 Å². The number of nitrogens with zero attached hydrogens (tertiary/aromatic N) is 1. The van der Waals surface area contributed by atoms with Gasteiger partial charge in [-0.2, -0.15) is 0 Å². The van der Waals surface area contributed by atoms with Gasteiger partial charge in [0.2, 0.25) is 5.24 Å². The predicted octanol–water partition coefficient (Wildman–Crippen LogP) is 3.09.